The number of halogens is 3. The van der Waals surface area contributed by atoms with Crippen molar-refractivity contribution in [2.45, 2.75) is 36.9 Å². The summed E-state index contributed by atoms with van der Waals surface area (Å²) in [5, 5.41) is 25.2. The van der Waals surface area contributed by atoms with E-state index in [2.05, 4.69) is 39.3 Å². The Balaban J connectivity index is 1.68. The Hall–Kier alpha value is -1.78. The van der Waals surface area contributed by atoms with Crippen molar-refractivity contribution in [2.75, 3.05) is 6.54 Å². The molecule has 0 heterocycles. The summed E-state index contributed by atoms with van der Waals surface area (Å²) in [7, 11) is 0. The first kappa shape index (κ1) is 20.9. The fraction of sp³-hybridized carbons (Fsp3) is 0.350. The smallest absolute Gasteiger partial charge is 0.404 e. The van der Waals surface area contributed by atoms with Gasteiger partial charge in [-0.15, -0.1) is 0 Å². The maximum atomic E-state index is 13.4. The lowest BCUT2D eigenvalue weighted by atomic mass is 9.99. The third-order valence-electron chi connectivity index (χ3n) is 4.93. The molecule has 0 aliphatic heterocycles. The van der Waals surface area contributed by atoms with Crippen LogP contribution in [0.3, 0.4) is 0 Å². The van der Waals surface area contributed by atoms with Crippen LogP contribution < -0.4 is 10.6 Å². The summed E-state index contributed by atoms with van der Waals surface area (Å²) in [6.45, 7) is 0.147. The van der Waals surface area contributed by atoms with Gasteiger partial charge in [0, 0.05) is 21.7 Å². The van der Waals surface area contributed by atoms with Gasteiger partial charge in [0.25, 0.3) is 0 Å². The van der Waals surface area contributed by atoms with E-state index >= 15 is 0 Å². The summed E-state index contributed by atoms with van der Waals surface area (Å²) in [4.78, 5) is 11.1. The summed E-state index contributed by atoms with van der Waals surface area (Å²) < 4.78 is 28.0. The Morgan fingerprint density at radius 3 is 2.43 bits per heavy atom. The normalized spacial score (nSPS) is 17.0. The summed E-state index contributed by atoms with van der Waals surface area (Å²) in [6.07, 6.45) is -0.555. The van der Waals surface area contributed by atoms with Crippen LogP contribution in [0.5, 0.6) is 0 Å². The quantitative estimate of drug-likeness (QED) is 0.418. The molecule has 8 heteroatoms. The van der Waals surface area contributed by atoms with Crippen LogP contribution in [0.25, 0.3) is 0 Å². The minimum absolute atomic E-state index is 0.0277. The molecule has 1 saturated carbocycles. The molecule has 0 bridgehead atoms. The van der Waals surface area contributed by atoms with Crippen LogP contribution in [0.2, 0.25) is 0 Å². The first-order chi connectivity index (χ1) is 13.3. The topological polar surface area (TPSA) is 81.6 Å². The van der Waals surface area contributed by atoms with Gasteiger partial charge in [0.2, 0.25) is 0 Å². The summed E-state index contributed by atoms with van der Waals surface area (Å²) in [6, 6.07) is 10.2. The van der Waals surface area contributed by atoms with Gasteiger partial charge in [-0.3, -0.25) is 0 Å². The monoisotopic (exact) mass is 502 g/mol. The van der Waals surface area contributed by atoms with E-state index in [-0.39, 0.29) is 24.1 Å². The van der Waals surface area contributed by atoms with E-state index < -0.39 is 29.9 Å². The van der Waals surface area contributed by atoms with Crippen LogP contribution >= 0.6 is 22.6 Å². The summed E-state index contributed by atoms with van der Waals surface area (Å²) in [5.74, 6) is -1.49. The highest BCUT2D eigenvalue weighted by atomic mass is 127. The highest BCUT2D eigenvalue weighted by Crippen LogP contribution is 2.45. The van der Waals surface area contributed by atoms with Gasteiger partial charge in [-0.05, 0) is 77.2 Å². The average molecular weight is 502 g/mol. The molecule has 28 heavy (non-hydrogen) atoms. The summed E-state index contributed by atoms with van der Waals surface area (Å²) >= 11 is 2.24. The van der Waals surface area contributed by atoms with Crippen molar-refractivity contribution >= 4 is 28.7 Å². The maximum absolute atomic E-state index is 13.4. The molecule has 1 aliphatic rings. The predicted octanol–water partition coefficient (Wildman–Crippen LogP) is 3.39. The van der Waals surface area contributed by atoms with Gasteiger partial charge in [0.05, 0.1) is 12.1 Å². The lowest BCUT2D eigenvalue weighted by molar-refractivity contribution is 0.114. The molecule has 0 spiro atoms. The number of rotatable bonds is 8. The number of aliphatic hydroxyl groups is 1. The Bertz CT molecular complexity index is 841. The van der Waals surface area contributed by atoms with Crippen molar-refractivity contribution in [1.29, 1.82) is 0 Å². The second-order valence-electron chi connectivity index (χ2n) is 7.08. The molecule has 0 aromatic heterocycles. The van der Waals surface area contributed by atoms with Gasteiger partial charge in [0.1, 0.15) is 11.6 Å². The van der Waals surface area contributed by atoms with Crippen molar-refractivity contribution in [2.24, 2.45) is 0 Å². The molecule has 1 amide bonds. The second-order valence-corrected chi connectivity index (χ2v) is 8.32. The van der Waals surface area contributed by atoms with Crippen LogP contribution in [-0.4, -0.2) is 35.0 Å². The first-order valence-corrected chi connectivity index (χ1v) is 9.99. The number of carbonyl (C=O) groups is 1. The Morgan fingerprint density at radius 1 is 1.18 bits per heavy atom. The number of hydrogen-bond acceptors (Lipinski definition) is 3. The number of amides is 1. The zero-order chi connectivity index (χ0) is 20.3. The van der Waals surface area contributed by atoms with Gasteiger partial charge in [0.15, 0.2) is 0 Å². The molecule has 150 valence electrons. The van der Waals surface area contributed by atoms with Crippen molar-refractivity contribution in [3.8, 4) is 0 Å². The van der Waals surface area contributed by atoms with Crippen LogP contribution in [0.15, 0.2) is 42.5 Å². The van der Waals surface area contributed by atoms with E-state index in [0.29, 0.717) is 0 Å². The lowest BCUT2D eigenvalue weighted by Gasteiger charge is -2.26. The van der Waals surface area contributed by atoms with Crippen LogP contribution in [0, 0.1) is 15.2 Å². The zero-order valence-electron chi connectivity index (χ0n) is 15.0. The fourth-order valence-electron chi connectivity index (χ4n) is 3.35. The van der Waals surface area contributed by atoms with E-state index in [4.69, 9.17) is 5.11 Å². The largest absolute Gasteiger partial charge is 0.465 e. The van der Waals surface area contributed by atoms with Crippen molar-refractivity contribution in [1.82, 2.24) is 10.6 Å². The number of hydrogen-bond donors (Lipinski definition) is 4. The molecule has 0 radical (unpaired) electrons. The van der Waals surface area contributed by atoms with E-state index in [9.17, 15) is 18.7 Å². The van der Waals surface area contributed by atoms with Gasteiger partial charge in [-0.25, -0.2) is 13.6 Å². The van der Waals surface area contributed by atoms with E-state index in [0.717, 1.165) is 40.2 Å². The molecule has 4 N–H and O–H groups in total. The molecule has 5 nitrogen and oxygen atoms in total. The highest BCUT2D eigenvalue weighted by molar-refractivity contribution is 14.1. The Morgan fingerprint density at radius 2 is 1.86 bits per heavy atom. The van der Waals surface area contributed by atoms with Crippen LogP contribution in [-0.2, 0) is 12.0 Å². The Labute approximate surface area is 175 Å². The predicted molar refractivity (Wildman–Crippen MR) is 109 cm³/mol. The molecule has 0 saturated heterocycles. The van der Waals surface area contributed by atoms with E-state index in [1.807, 2.05) is 18.2 Å². The molecule has 0 unspecified atom stereocenters. The number of carboxylic acid groups (broad SMARTS) is 1. The molecule has 2 atom stereocenters. The van der Waals surface area contributed by atoms with Crippen molar-refractivity contribution < 1.29 is 23.8 Å². The first-order valence-electron chi connectivity index (χ1n) is 8.91. The SMILES string of the molecule is O=C(O)N[C@@H](Cc1cc(F)cc(F)c1)[C@@H](O)CNC1(c2cccc(I)c2)CC1. The lowest BCUT2D eigenvalue weighted by Crippen LogP contribution is -2.49. The molecular weight excluding hydrogens is 481 g/mol. The maximum Gasteiger partial charge on any atom is 0.404 e. The molecule has 3 rings (SSSR count). The van der Waals surface area contributed by atoms with Crippen molar-refractivity contribution in [3.63, 3.8) is 0 Å². The minimum atomic E-state index is -1.31. The third kappa shape index (κ3) is 5.39. The van der Waals surface area contributed by atoms with Crippen LogP contribution in [0.1, 0.15) is 24.0 Å². The molecule has 2 aromatic carbocycles. The molecule has 1 fully saturated rings. The zero-order valence-corrected chi connectivity index (χ0v) is 17.1. The fourth-order valence-corrected chi connectivity index (χ4v) is 3.89. The third-order valence-corrected chi connectivity index (χ3v) is 5.60. The van der Waals surface area contributed by atoms with E-state index in [1.54, 1.807) is 0 Å². The number of benzene rings is 2. The molecule has 1 aliphatic carbocycles. The average Bonchev–Trinajstić information content (AvgIpc) is 3.39. The molecule has 2 aromatic rings. The van der Waals surface area contributed by atoms with E-state index in [1.165, 1.54) is 0 Å². The number of aliphatic hydroxyl groups excluding tert-OH is 1. The molecular formula is C20H21F2IN2O3. The Kier molecular flexibility index (Phi) is 6.51. The van der Waals surface area contributed by atoms with Crippen molar-refractivity contribution in [3.05, 3.63) is 68.8 Å². The standard InChI is InChI=1S/C20H21F2IN2O3/c21-14-6-12(7-15(22)10-14)8-17(25-19(27)28)18(26)11-24-20(4-5-20)13-2-1-3-16(23)9-13/h1-3,6-7,9-10,17-18,24-26H,4-5,8,11H2,(H,27,28)/t17-,18-/m0/s1. The van der Waals surface area contributed by atoms with Gasteiger partial charge < -0.3 is 20.8 Å². The second kappa shape index (κ2) is 8.71. The van der Waals surface area contributed by atoms with Crippen LogP contribution in [0.4, 0.5) is 13.6 Å². The summed E-state index contributed by atoms with van der Waals surface area (Å²) in [5.41, 5.74) is 1.18. The minimum Gasteiger partial charge on any atom is -0.465 e. The van der Waals surface area contributed by atoms with Gasteiger partial charge in [-0.2, -0.15) is 0 Å². The van der Waals surface area contributed by atoms with Gasteiger partial charge in [-0.1, -0.05) is 12.1 Å². The number of nitrogens with one attached hydrogen (secondary N) is 2. The highest BCUT2D eigenvalue weighted by Gasteiger charge is 2.44. The van der Waals surface area contributed by atoms with Gasteiger partial charge >= 0.3 is 6.09 Å².